The number of alkyl halides is 6. The highest BCUT2D eigenvalue weighted by Gasteiger charge is 2.32. The third-order valence-corrected chi connectivity index (χ3v) is 11.3. The summed E-state index contributed by atoms with van der Waals surface area (Å²) >= 11 is 0. The third kappa shape index (κ3) is 12.6. The maximum Gasteiger partial charge on any atom is 0.422 e. The Morgan fingerprint density at radius 2 is 1.38 bits per heavy atom. The number of benzene rings is 3. The van der Waals surface area contributed by atoms with E-state index in [1.54, 1.807) is 0 Å². The fraction of sp³-hybridized carbons (Fsp3) is 0.487. The van der Waals surface area contributed by atoms with Crippen molar-refractivity contribution in [3.05, 3.63) is 78.4 Å². The van der Waals surface area contributed by atoms with Crippen LogP contribution in [0.3, 0.4) is 0 Å². The van der Waals surface area contributed by atoms with Gasteiger partial charge in [-0.05, 0) is 80.2 Å². The van der Waals surface area contributed by atoms with Crippen LogP contribution < -0.4 is 24.8 Å². The van der Waals surface area contributed by atoms with Crippen molar-refractivity contribution in [1.82, 2.24) is 19.6 Å². The number of ether oxygens (including phenoxy) is 2. The Morgan fingerprint density at radius 3 is 2.05 bits per heavy atom. The smallest absolute Gasteiger partial charge is 0.422 e. The molecule has 1 aromatic heterocycles. The molecule has 4 aromatic rings. The predicted octanol–water partition coefficient (Wildman–Crippen LogP) is 8.42. The highest BCUT2D eigenvalue weighted by molar-refractivity contribution is 7.89. The Balaban J connectivity index is 0.00000600. The third-order valence-electron chi connectivity index (χ3n) is 9.86. The van der Waals surface area contributed by atoms with E-state index in [1.807, 2.05) is 30.3 Å². The maximum atomic E-state index is 13.2. The average molecular weight is 811 g/mol. The first kappa shape index (κ1) is 42.8. The minimum atomic E-state index is -4.77. The molecule has 2 heterocycles. The van der Waals surface area contributed by atoms with Gasteiger partial charge in [0.25, 0.3) is 0 Å². The first-order valence-electron chi connectivity index (χ1n) is 18.3. The number of piperidine rings is 1. The molecule has 2 aliphatic rings. The van der Waals surface area contributed by atoms with Crippen molar-refractivity contribution in [1.29, 1.82) is 0 Å². The van der Waals surface area contributed by atoms with E-state index in [4.69, 9.17) is 14.7 Å². The van der Waals surface area contributed by atoms with Crippen molar-refractivity contribution < 1.29 is 44.2 Å². The van der Waals surface area contributed by atoms with Gasteiger partial charge in [-0.3, -0.25) is 4.90 Å². The molecular formula is C39H48F6N6O4S. The predicted molar refractivity (Wildman–Crippen MR) is 203 cm³/mol. The first-order valence-corrected chi connectivity index (χ1v) is 19.7. The average Bonchev–Trinajstić information content (AvgIpc) is 3.16. The van der Waals surface area contributed by atoms with Crippen LogP contribution in [0.4, 0.5) is 38.1 Å². The molecule has 0 amide bonds. The Labute approximate surface area is 323 Å². The largest absolute Gasteiger partial charge is 0.484 e. The zero-order valence-electron chi connectivity index (χ0n) is 30.0. The molecule has 3 aromatic carbocycles. The lowest BCUT2D eigenvalue weighted by atomic mass is 9.82. The number of aromatic nitrogens is 2. The first-order chi connectivity index (χ1) is 26.2. The van der Waals surface area contributed by atoms with Crippen LogP contribution in [0.2, 0.25) is 0 Å². The molecule has 1 saturated carbocycles. The van der Waals surface area contributed by atoms with E-state index in [2.05, 4.69) is 49.3 Å². The van der Waals surface area contributed by atoms with E-state index in [0.29, 0.717) is 25.3 Å². The van der Waals surface area contributed by atoms with Gasteiger partial charge in [0.1, 0.15) is 22.2 Å². The molecule has 10 nitrogen and oxygen atoms in total. The number of halogens is 6. The number of hydrogen-bond donors (Lipinski definition) is 3. The molecule has 1 saturated heterocycles. The van der Waals surface area contributed by atoms with E-state index < -0.39 is 52.0 Å². The normalized spacial score (nSPS) is 18.6. The monoisotopic (exact) mass is 810 g/mol. The zero-order valence-corrected chi connectivity index (χ0v) is 30.8. The van der Waals surface area contributed by atoms with Crippen LogP contribution in [0, 0.1) is 11.8 Å². The van der Waals surface area contributed by atoms with Gasteiger partial charge >= 0.3 is 12.4 Å². The molecule has 0 radical (unpaired) electrons. The molecule has 0 unspecified atom stereocenters. The summed E-state index contributed by atoms with van der Waals surface area (Å²) in [6.07, 6.45) is -4.59. The fourth-order valence-corrected chi connectivity index (χ4v) is 8.22. The number of fused-ring (bicyclic) bond motifs is 1. The molecule has 1 aliphatic carbocycles. The van der Waals surface area contributed by atoms with Crippen molar-refractivity contribution in [2.45, 2.75) is 75.8 Å². The van der Waals surface area contributed by atoms with Crippen LogP contribution in [-0.2, 0) is 16.6 Å². The molecular weight excluding hydrogens is 763 g/mol. The number of sulfonamides is 1. The number of anilines is 2. The quantitative estimate of drug-likeness (QED) is 0.102. The zero-order chi connectivity index (χ0) is 39.1. The lowest BCUT2D eigenvalue weighted by Crippen LogP contribution is -2.38. The van der Waals surface area contributed by atoms with Gasteiger partial charge in [-0.1, -0.05) is 49.9 Å². The molecule has 306 valence electrons. The number of rotatable bonds is 15. The summed E-state index contributed by atoms with van der Waals surface area (Å²) in [6, 6.07) is 21.1. The molecule has 0 spiro atoms. The van der Waals surface area contributed by atoms with Crippen molar-refractivity contribution in [2.24, 2.45) is 11.8 Å². The molecule has 2 fully saturated rings. The Hall–Kier alpha value is -4.35. The van der Waals surface area contributed by atoms with Crippen LogP contribution >= 0.6 is 0 Å². The van der Waals surface area contributed by atoms with Gasteiger partial charge in [0.15, 0.2) is 13.2 Å². The highest BCUT2D eigenvalue weighted by atomic mass is 32.2. The number of likely N-dealkylation sites (tertiary alicyclic amines) is 1. The topological polar surface area (TPSA) is 118 Å². The molecule has 1 aliphatic heterocycles. The summed E-state index contributed by atoms with van der Waals surface area (Å²) in [7, 11) is -4.48. The summed E-state index contributed by atoms with van der Waals surface area (Å²) in [5, 5.41) is 8.03. The van der Waals surface area contributed by atoms with Gasteiger partial charge < -0.3 is 20.1 Å². The van der Waals surface area contributed by atoms with Gasteiger partial charge in [0.2, 0.25) is 16.0 Å². The second-order valence-corrected chi connectivity index (χ2v) is 15.9. The van der Waals surface area contributed by atoms with E-state index >= 15 is 0 Å². The lowest BCUT2D eigenvalue weighted by molar-refractivity contribution is -0.154. The number of para-hydroxylation sites is 1. The molecule has 17 heteroatoms. The fourth-order valence-electron chi connectivity index (χ4n) is 6.95. The van der Waals surface area contributed by atoms with E-state index in [1.165, 1.54) is 5.56 Å². The van der Waals surface area contributed by atoms with Gasteiger partial charge in [-0.2, -0.15) is 31.3 Å². The summed E-state index contributed by atoms with van der Waals surface area (Å²) in [5.41, 5.74) is 2.13. The van der Waals surface area contributed by atoms with Crippen molar-refractivity contribution in [3.63, 3.8) is 0 Å². The number of nitrogens with zero attached hydrogens (tertiary/aromatic N) is 3. The second kappa shape index (κ2) is 18.7. The summed E-state index contributed by atoms with van der Waals surface area (Å²) in [6.45, 7) is 0.00296. The summed E-state index contributed by atoms with van der Waals surface area (Å²) < 4.78 is 115. The Morgan fingerprint density at radius 1 is 0.750 bits per heavy atom. The van der Waals surface area contributed by atoms with Crippen LogP contribution in [0.1, 0.15) is 51.5 Å². The van der Waals surface area contributed by atoms with Crippen molar-refractivity contribution in [2.75, 3.05) is 50.0 Å². The maximum absolute atomic E-state index is 13.2. The van der Waals surface area contributed by atoms with Crippen LogP contribution in [-0.4, -0.2) is 81.1 Å². The SMILES string of the molecule is C.O=S(=O)(NCC1CCC(CNc2nc(NC3CCN(Cc4ccccc4)CC3)c3ccccc3n2)CC1)c1cc(OCC(F)(F)F)ccc1OCC(F)(F)F. The second-order valence-electron chi connectivity index (χ2n) is 14.1. The highest BCUT2D eigenvalue weighted by Crippen LogP contribution is 2.33. The van der Waals surface area contributed by atoms with Crippen LogP contribution in [0.15, 0.2) is 77.7 Å². The minimum absolute atomic E-state index is 0. The van der Waals surface area contributed by atoms with Gasteiger partial charge in [-0.25, -0.2) is 18.1 Å². The van der Waals surface area contributed by atoms with Crippen molar-refractivity contribution >= 4 is 32.7 Å². The molecule has 0 atom stereocenters. The van der Waals surface area contributed by atoms with Crippen molar-refractivity contribution in [3.8, 4) is 11.5 Å². The summed E-state index contributed by atoms with van der Waals surface area (Å²) in [5.74, 6) is 0.360. The molecule has 3 N–H and O–H groups in total. The lowest BCUT2D eigenvalue weighted by Gasteiger charge is -2.33. The summed E-state index contributed by atoms with van der Waals surface area (Å²) in [4.78, 5) is 11.3. The van der Waals surface area contributed by atoms with Crippen LogP contribution in [0.25, 0.3) is 10.9 Å². The number of hydrogen-bond acceptors (Lipinski definition) is 9. The molecule has 0 bridgehead atoms. The van der Waals surface area contributed by atoms with Crippen LogP contribution in [0.5, 0.6) is 11.5 Å². The van der Waals surface area contributed by atoms with E-state index in [9.17, 15) is 34.8 Å². The molecule has 6 rings (SSSR count). The molecule has 56 heavy (non-hydrogen) atoms. The minimum Gasteiger partial charge on any atom is -0.484 e. The Kier molecular flexibility index (Phi) is 14.3. The standard InChI is InChI=1S/C38H44F6N6O4S.CH4/c39-37(40,41)24-53-30-14-15-33(54-25-38(42,43)44)34(20-30)55(51,52)46-22-27-12-10-26(11-13-27)21-45-36-48-32-9-5-4-8-31(32)35(49-36)47-29-16-18-50(19-17-29)23-28-6-2-1-3-7-28;/h1-9,14-15,20,26-27,29,46H,10-13,16-19,21-25H2,(H2,45,47,48,49);1H4. The van der Waals surface area contributed by atoms with Gasteiger partial charge in [0.05, 0.1) is 5.52 Å². The Bertz CT molecular complexity index is 1970. The van der Waals surface area contributed by atoms with Gasteiger partial charge in [-0.15, -0.1) is 0 Å². The van der Waals surface area contributed by atoms with E-state index in [-0.39, 0.29) is 31.8 Å². The number of nitrogens with one attached hydrogen (secondary N) is 3. The van der Waals surface area contributed by atoms with E-state index in [0.717, 1.165) is 80.2 Å². The van der Waals surface area contributed by atoms with Gasteiger partial charge in [0, 0.05) is 50.2 Å².